The van der Waals surface area contributed by atoms with Crippen LogP contribution in [0.25, 0.3) is 6.08 Å². The lowest BCUT2D eigenvalue weighted by atomic mass is 10.2. The van der Waals surface area contributed by atoms with Gasteiger partial charge in [0, 0.05) is 17.2 Å². The molecule has 0 spiro atoms. The van der Waals surface area contributed by atoms with Crippen molar-refractivity contribution in [1.82, 2.24) is 0 Å². The Morgan fingerprint density at radius 1 is 1.15 bits per heavy atom. The third-order valence-corrected chi connectivity index (χ3v) is 2.85. The Kier molecular flexibility index (Phi) is 4.48. The largest absolute Gasteiger partial charge is 0.320 e. The van der Waals surface area contributed by atoms with Gasteiger partial charge in [0.05, 0.1) is 5.69 Å². The lowest BCUT2D eigenvalue weighted by Crippen LogP contribution is -2.09. The van der Waals surface area contributed by atoms with E-state index in [1.54, 1.807) is 24.3 Å². The number of hydrogen-bond acceptors (Lipinski definition) is 1. The van der Waals surface area contributed by atoms with E-state index in [2.05, 4.69) is 5.32 Å². The highest BCUT2D eigenvalue weighted by Gasteiger charge is 2.06. The standard InChI is InChI=1S/C15H10ClF2NO/c16-12-4-2-1-3-10(12)5-8-15(20)19-14-9-11(17)6-7-13(14)18/h1-9H,(H,19,20)/b8-5+. The summed E-state index contributed by atoms with van der Waals surface area (Å²) in [4.78, 5) is 11.6. The van der Waals surface area contributed by atoms with E-state index in [1.165, 1.54) is 12.2 Å². The van der Waals surface area contributed by atoms with Gasteiger partial charge in [0.25, 0.3) is 0 Å². The minimum atomic E-state index is -0.703. The molecule has 2 rings (SSSR count). The molecule has 0 fully saturated rings. The number of carbonyl (C=O) groups is 1. The highest BCUT2D eigenvalue weighted by molar-refractivity contribution is 6.32. The second kappa shape index (κ2) is 6.30. The van der Waals surface area contributed by atoms with Crippen LogP contribution in [-0.4, -0.2) is 5.91 Å². The molecule has 102 valence electrons. The summed E-state index contributed by atoms with van der Waals surface area (Å²) in [6.45, 7) is 0. The normalized spacial score (nSPS) is 10.8. The van der Waals surface area contributed by atoms with Crippen molar-refractivity contribution in [2.24, 2.45) is 0 Å². The molecule has 0 radical (unpaired) electrons. The molecule has 2 nitrogen and oxygen atoms in total. The first kappa shape index (κ1) is 14.2. The average molecular weight is 294 g/mol. The first-order chi connectivity index (χ1) is 9.56. The number of hydrogen-bond donors (Lipinski definition) is 1. The molecular weight excluding hydrogens is 284 g/mol. The molecule has 0 aliphatic carbocycles. The van der Waals surface area contributed by atoms with E-state index in [0.29, 0.717) is 10.6 Å². The van der Waals surface area contributed by atoms with E-state index >= 15 is 0 Å². The first-order valence-corrected chi connectivity index (χ1v) is 6.13. The maximum absolute atomic E-state index is 13.3. The number of amides is 1. The second-order valence-electron chi connectivity index (χ2n) is 3.97. The van der Waals surface area contributed by atoms with E-state index in [1.807, 2.05) is 0 Å². The maximum Gasteiger partial charge on any atom is 0.248 e. The van der Waals surface area contributed by atoms with Crippen LogP contribution in [0.2, 0.25) is 5.02 Å². The summed E-state index contributed by atoms with van der Waals surface area (Å²) < 4.78 is 26.3. The molecule has 0 aliphatic rings. The topological polar surface area (TPSA) is 29.1 Å². The van der Waals surface area contributed by atoms with Crippen LogP contribution in [0.1, 0.15) is 5.56 Å². The zero-order valence-electron chi connectivity index (χ0n) is 10.2. The minimum absolute atomic E-state index is 0.209. The van der Waals surface area contributed by atoms with Gasteiger partial charge in [0.2, 0.25) is 5.91 Å². The van der Waals surface area contributed by atoms with E-state index in [4.69, 9.17) is 11.6 Å². The van der Waals surface area contributed by atoms with E-state index < -0.39 is 17.5 Å². The molecular formula is C15H10ClF2NO. The Morgan fingerprint density at radius 3 is 2.65 bits per heavy atom. The molecule has 0 saturated carbocycles. The van der Waals surface area contributed by atoms with Gasteiger partial charge in [-0.2, -0.15) is 0 Å². The van der Waals surface area contributed by atoms with Crippen LogP contribution in [0.15, 0.2) is 48.5 Å². The van der Waals surface area contributed by atoms with Crippen LogP contribution < -0.4 is 5.32 Å². The molecule has 1 N–H and O–H groups in total. The number of nitrogens with one attached hydrogen (secondary N) is 1. The molecule has 0 saturated heterocycles. The van der Waals surface area contributed by atoms with Crippen LogP contribution in [-0.2, 0) is 4.79 Å². The van der Waals surface area contributed by atoms with Crippen LogP contribution in [0.3, 0.4) is 0 Å². The fourth-order valence-corrected chi connectivity index (χ4v) is 1.74. The van der Waals surface area contributed by atoms with Crippen molar-refractivity contribution < 1.29 is 13.6 Å². The molecule has 0 bridgehead atoms. The highest BCUT2D eigenvalue weighted by Crippen LogP contribution is 2.17. The maximum atomic E-state index is 13.3. The van der Waals surface area contributed by atoms with Gasteiger partial charge in [-0.3, -0.25) is 4.79 Å². The lowest BCUT2D eigenvalue weighted by molar-refractivity contribution is -0.111. The molecule has 0 heterocycles. The van der Waals surface area contributed by atoms with Gasteiger partial charge in [-0.25, -0.2) is 8.78 Å². The van der Waals surface area contributed by atoms with Gasteiger partial charge in [0.15, 0.2) is 0 Å². The third-order valence-electron chi connectivity index (χ3n) is 2.51. The summed E-state index contributed by atoms with van der Waals surface area (Å²) >= 11 is 5.92. The number of carbonyl (C=O) groups excluding carboxylic acids is 1. The van der Waals surface area contributed by atoms with Crippen molar-refractivity contribution in [2.45, 2.75) is 0 Å². The van der Waals surface area contributed by atoms with Gasteiger partial charge in [0.1, 0.15) is 11.6 Å². The zero-order chi connectivity index (χ0) is 14.5. The molecule has 0 unspecified atom stereocenters. The highest BCUT2D eigenvalue weighted by atomic mass is 35.5. The SMILES string of the molecule is O=C(/C=C/c1ccccc1Cl)Nc1cc(F)ccc1F. The van der Waals surface area contributed by atoms with Crippen molar-refractivity contribution in [3.05, 3.63) is 70.8 Å². The molecule has 1 amide bonds. The van der Waals surface area contributed by atoms with Crippen LogP contribution in [0.4, 0.5) is 14.5 Å². The first-order valence-electron chi connectivity index (χ1n) is 5.75. The number of rotatable bonds is 3. The Morgan fingerprint density at radius 2 is 1.90 bits per heavy atom. The quantitative estimate of drug-likeness (QED) is 0.841. The monoisotopic (exact) mass is 293 g/mol. The van der Waals surface area contributed by atoms with Crippen molar-refractivity contribution in [1.29, 1.82) is 0 Å². The van der Waals surface area contributed by atoms with Gasteiger partial charge in [-0.15, -0.1) is 0 Å². The molecule has 2 aromatic rings. The summed E-state index contributed by atoms with van der Waals surface area (Å²) in [7, 11) is 0. The Bertz CT molecular complexity index is 671. The molecule has 20 heavy (non-hydrogen) atoms. The van der Waals surface area contributed by atoms with Crippen molar-refractivity contribution in [2.75, 3.05) is 5.32 Å². The third kappa shape index (κ3) is 3.65. The average Bonchev–Trinajstić information content (AvgIpc) is 2.42. The summed E-state index contributed by atoms with van der Waals surface area (Å²) in [6, 6.07) is 9.79. The predicted octanol–water partition coefficient (Wildman–Crippen LogP) is 4.27. The molecule has 0 atom stereocenters. The molecule has 2 aromatic carbocycles. The number of halogens is 3. The summed E-state index contributed by atoms with van der Waals surface area (Å²) in [5.74, 6) is -1.91. The summed E-state index contributed by atoms with van der Waals surface area (Å²) in [6.07, 6.45) is 2.69. The summed E-state index contributed by atoms with van der Waals surface area (Å²) in [5, 5.41) is 2.75. The Hall–Kier alpha value is -2.20. The van der Waals surface area contributed by atoms with Crippen molar-refractivity contribution in [3.63, 3.8) is 0 Å². The van der Waals surface area contributed by atoms with E-state index in [9.17, 15) is 13.6 Å². The zero-order valence-corrected chi connectivity index (χ0v) is 11.0. The van der Waals surface area contributed by atoms with E-state index in [-0.39, 0.29) is 5.69 Å². The van der Waals surface area contributed by atoms with Crippen LogP contribution in [0, 0.1) is 11.6 Å². The lowest BCUT2D eigenvalue weighted by Gasteiger charge is -2.03. The fourth-order valence-electron chi connectivity index (χ4n) is 1.54. The molecule has 5 heteroatoms. The summed E-state index contributed by atoms with van der Waals surface area (Å²) in [5.41, 5.74) is 0.447. The smallest absolute Gasteiger partial charge is 0.248 e. The van der Waals surface area contributed by atoms with Crippen molar-refractivity contribution in [3.8, 4) is 0 Å². The van der Waals surface area contributed by atoms with E-state index in [0.717, 1.165) is 18.2 Å². The van der Waals surface area contributed by atoms with Gasteiger partial charge >= 0.3 is 0 Å². The van der Waals surface area contributed by atoms with Gasteiger partial charge in [-0.05, 0) is 29.8 Å². The Labute approximate surface area is 119 Å². The van der Waals surface area contributed by atoms with Gasteiger partial charge < -0.3 is 5.32 Å². The predicted molar refractivity (Wildman–Crippen MR) is 75.5 cm³/mol. The number of benzene rings is 2. The Balaban J connectivity index is 2.10. The van der Waals surface area contributed by atoms with Crippen molar-refractivity contribution >= 4 is 29.3 Å². The second-order valence-corrected chi connectivity index (χ2v) is 4.38. The van der Waals surface area contributed by atoms with Crippen LogP contribution in [0.5, 0.6) is 0 Å². The van der Waals surface area contributed by atoms with Gasteiger partial charge in [-0.1, -0.05) is 29.8 Å². The molecule has 0 aromatic heterocycles. The molecule has 0 aliphatic heterocycles. The minimum Gasteiger partial charge on any atom is -0.320 e. The number of anilines is 1. The van der Waals surface area contributed by atoms with Crippen LogP contribution >= 0.6 is 11.6 Å². The fraction of sp³-hybridized carbons (Fsp3) is 0.